The van der Waals surface area contributed by atoms with E-state index in [9.17, 15) is 9.00 Å². The molecule has 15 heavy (non-hydrogen) atoms. The summed E-state index contributed by atoms with van der Waals surface area (Å²) in [7, 11) is -0.868. The van der Waals surface area contributed by atoms with Crippen molar-refractivity contribution < 1.29 is 9.00 Å². The van der Waals surface area contributed by atoms with Crippen LogP contribution >= 0.6 is 0 Å². The topological polar surface area (TPSA) is 58.2 Å². The van der Waals surface area contributed by atoms with Crippen LogP contribution in [-0.4, -0.2) is 40.3 Å². The zero-order valence-electron chi connectivity index (χ0n) is 10.2. The molecule has 0 heterocycles. The van der Waals surface area contributed by atoms with Crippen molar-refractivity contribution in [3.8, 4) is 0 Å². The lowest BCUT2D eigenvalue weighted by Gasteiger charge is -2.21. The molecule has 2 atom stereocenters. The van der Waals surface area contributed by atoms with Gasteiger partial charge in [-0.3, -0.25) is 9.00 Å². The highest BCUT2D eigenvalue weighted by atomic mass is 32.2. The highest BCUT2D eigenvalue weighted by Crippen LogP contribution is 1.96. The Labute approximate surface area is 94.7 Å². The fourth-order valence-electron chi connectivity index (χ4n) is 1.07. The number of hydrogen-bond donors (Lipinski definition) is 2. The number of carbonyl (C=O) groups is 1. The molecule has 0 saturated heterocycles. The van der Waals surface area contributed by atoms with Crippen LogP contribution in [0, 0.1) is 0 Å². The molecule has 2 unspecified atom stereocenters. The largest absolute Gasteiger partial charge is 0.352 e. The molecular weight excluding hydrogens is 212 g/mol. The number of hydrogen-bond acceptors (Lipinski definition) is 3. The van der Waals surface area contributed by atoms with E-state index in [2.05, 4.69) is 10.6 Å². The summed E-state index contributed by atoms with van der Waals surface area (Å²) in [5.74, 6) is 0.448. The lowest BCUT2D eigenvalue weighted by molar-refractivity contribution is -0.121. The molecule has 0 aliphatic heterocycles. The van der Waals surface area contributed by atoms with Crippen molar-refractivity contribution in [1.82, 2.24) is 10.6 Å². The molecule has 90 valence electrons. The lowest BCUT2D eigenvalue weighted by atomic mass is 10.1. The van der Waals surface area contributed by atoms with Crippen molar-refractivity contribution in [3.05, 3.63) is 0 Å². The smallest absolute Gasteiger partial charge is 0.234 e. The van der Waals surface area contributed by atoms with Gasteiger partial charge in [-0.2, -0.15) is 0 Å². The van der Waals surface area contributed by atoms with Crippen LogP contribution in [0.15, 0.2) is 0 Å². The standard InChI is InChI=1S/C10H22N2O2S/c1-8(7-15(5)14)12-9(13)6-11-10(2,3)4/h8,11H,6-7H2,1-5H3,(H,12,13). The zero-order valence-corrected chi connectivity index (χ0v) is 11.0. The fourth-order valence-corrected chi connectivity index (χ4v) is 1.85. The van der Waals surface area contributed by atoms with E-state index in [1.165, 1.54) is 0 Å². The summed E-state index contributed by atoms with van der Waals surface area (Å²) in [6.07, 6.45) is 1.63. The molecule has 0 aliphatic carbocycles. The minimum atomic E-state index is -0.868. The Morgan fingerprint density at radius 2 is 1.93 bits per heavy atom. The molecule has 0 rings (SSSR count). The van der Waals surface area contributed by atoms with Crippen molar-refractivity contribution in [2.75, 3.05) is 18.6 Å². The molecule has 0 aliphatic rings. The summed E-state index contributed by atoms with van der Waals surface area (Å²) in [4.78, 5) is 11.4. The molecule has 2 N–H and O–H groups in total. The maximum atomic E-state index is 11.4. The first-order valence-electron chi connectivity index (χ1n) is 5.05. The van der Waals surface area contributed by atoms with E-state index in [0.717, 1.165) is 0 Å². The summed E-state index contributed by atoms with van der Waals surface area (Å²) in [6, 6.07) is -0.0369. The average molecular weight is 234 g/mol. The van der Waals surface area contributed by atoms with E-state index in [4.69, 9.17) is 0 Å². The Balaban J connectivity index is 3.79. The third-order valence-corrected chi connectivity index (χ3v) is 2.64. The zero-order chi connectivity index (χ0) is 12.1. The first-order chi connectivity index (χ1) is 6.70. The van der Waals surface area contributed by atoms with Gasteiger partial charge in [0.25, 0.3) is 0 Å². The molecule has 0 aromatic rings. The van der Waals surface area contributed by atoms with Crippen LogP contribution in [0.3, 0.4) is 0 Å². The van der Waals surface area contributed by atoms with Gasteiger partial charge in [-0.05, 0) is 27.7 Å². The van der Waals surface area contributed by atoms with Gasteiger partial charge in [-0.15, -0.1) is 0 Å². The van der Waals surface area contributed by atoms with E-state index in [1.54, 1.807) is 6.26 Å². The molecule has 0 spiro atoms. The first-order valence-corrected chi connectivity index (χ1v) is 6.78. The number of rotatable bonds is 5. The van der Waals surface area contributed by atoms with Gasteiger partial charge in [0, 0.05) is 34.4 Å². The molecule has 4 nitrogen and oxygen atoms in total. The third-order valence-electron chi connectivity index (χ3n) is 1.67. The Kier molecular flexibility index (Phi) is 6.05. The van der Waals surface area contributed by atoms with Crippen LogP contribution in [0.5, 0.6) is 0 Å². The van der Waals surface area contributed by atoms with Gasteiger partial charge in [0.05, 0.1) is 6.54 Å². The van der Waals surface area contributed by atoms with Crippen molar-refractivity contribution in [3.63, 3.8) is 0 Å². The van der Waals surface area contributed by atoms with Crippen LogP contribution in [0.2, 0.25) is 0 Å². The maximum Gasteiger partial charge on any atom is 0.234 e. The van der Waals surface area contributed by atoms with Gasteiger partial charge < -0.3 is 10.6 Å². The predicted molar refractivity (Wildman–Crippen MR) is 64.3 cm³/mol. The second kappa shape index (κ2) is 6.23. The molecule has 0 aromatic carbocycles. The number of carbonyl (C=O) groups excluding carboxylic acids is 1. The number of amides is 1. The predicted octanol–water partition coefficient (Wildman–Crippen LogP) is 0.258. The second-order valence-corrected chi connectivity index (χ2v) is 6.29. The van der Waals surface area contributed by atoms with Crippen LogP contribution < -0.4 is 10.6 Å². The quantitative estimate of drug-likeness (QED) is 0.717. The van der Waals surface area contributed by atoms with E-state index in [1.807, 2.05) is 27.7 Å². The Morgan fingerprint density at radius 3 is 2.33 bits per heavy atom. The molecule has 0 bridgehead atoms. The monoisotopic (exact) mass is 234 g/mol. The number of nitrogens with one attached hydrogen (secondary N) is 2. The van der Waals surface area contributed by atoms with Crippen LogP contribution in [-0.2, 0) is 15.6 Å². The minimum Gasteiger partial charge on any atom is -0.352 e. The summed E-state index contributed by atoms with van der Waals surface area (Å²) < 4.78 is 10.9. The summed E-state index contributed by atoms with van der Waals surface area (Å²) in [5, 5.41) is 5.88. The van der Waals surface area contributed by atoms with Gasteiger partial charge in [0.15, 0.2) is 0 Å². The molecule has 0 fully saturated rings. The van der Waals surface area contributed by atoms with E-state index in [-0.39, 0.29) is 17.5 Å². The van der Waals surface area contributed by atoms with Gasteiger partial charge >= 0.3 is 0 Å². The van der Waals surface area contributed by atoms with Crippen molar-refractivity contribution in [2.24, 2.45) is 0 Å². The van der Waals surface area contributed by atoms with E-state index in [0.29, 0.717) is 12.3 Å². The minimum absolute atomic E-state index is 0.0369. The van der Waals surface area contributed by atoms with Gasteiger partial charge in [0.2, 0.25) is 5.91 Å². The molecule has 5 heteroatoms. The molecule has 1 amide bonds. The first kappa shape index (κ1) is 14.6. The molecule has 0 radical (unpaired) electrons. The second-order valence-electron chi connectivity index (χ2n) is 4.81. The third kappa shape index (κ3) is 9.87. The van der Waals surface area contributed by atoms with Gasteiger partial charge in [0.1, 0.15) is 0 Å². The molecule has 0 aromatic heterocycles. The maximum absolute atomic E-state index is 11.4. The van der Waals surface area contributed by atoms with Crippen LogP contribution in [0.1, 0.15) is 27.7 Å². The summed E-state index contributed by atoms with van der Waals surface area (Å²) in [6.45, 7) is 8.17. The Morgan fingerprint density at radius 1 is 1.40 bits per heavy atom. The normalized spacial score (nSPS) is 15.8. The van der Waals surface area contributed by atoms with Gasteiger partial charge in [-0.1, -0.05) is 0 Å². The highest BCUT2D eigenvalue weighted by Gasteiger charge is 2.13. The van der Waals surface area contributed by atoms with Crippen molar-refractivity contribution in [1.29, 1.82) is 0 Å². The van der Waals surface area contributed by atoms with Crippen molar-refractivity contribution in [2.45, 2.75) is 39.3 Å². The summed E-state index contributed by atoms with van der Waals surface area (Å²) in [5.41, 5.74) is -0.0614. The summed E-state index contributed by atoms with van der Waals surface area (Å²) >= 11 is 0. The van der Waals surface area contributed by atoms with Crippen LogP contribution in [0.4, 0.5) is 0 Å². The van der Waals surface area contributed by atoms with Gasteiger partial charge in [-0.25, -0.2) is 0 Å². The highest BCUT2D eigenvalue weighted by molar-refractivity contribution is 7.84. The Hall–Kier alpha value is -0.420. The van der Waals surface area contributed by atoms with Crippen LogP contribution in [0.25, 0.3) is 0 Å². The molecule has 0 saturated carbocycles. The van der Waals surface area contributed by atoms with E-state index < -0.39 is 10.8 Å². The average Bonchev–Trinajstić information content (AvgIpc) is 1.97. The van der Waals surface area contributed by atoms with E-state index >= 15 is 0 Å². The SMILES string of the molecule is CC(CS(C)=O)NC(=O)CNC(C)(C)C. The lowest BCUT2D eigenvalue weighted by Crippen LogP contribution is -2.46. The molecular formula is C10H22N2O2S. The Bertz CT molecular complexity index is 236. The van der Waals surface area contributed by atoms with Crippen molar-refractivity contribution >= 4 is 16.7 Å². The fraction of sp³-hybridized carbons (Fsp3) is 0.900.